The predicted octanol–water partition coefficient (Wildman–Crippen LogP) is 3.74. The Hall–Kier alpha value is -0.630. The lowest BCUT2D eigenvalue weighted by atomic mass is 10.0. The third kappa shape index (κ3) is 1.75. The molecule has 12 heavy (non-hydrogen) atoms. The maximum Gasteiger partial charge on any atom is 0.145 e. The van der Waals surface area contributed by atoms with Crippen molar-refractivity contribution in [3.8, 4) is 0 Å². The first kappa shape index (κ1) is 9.46. The van der Waals surface area contributed by atoms with Crippen molar-refractivity contribution < 1.29 is 8.78 Å². The summed E-state index contributed by atoms with van der Waals surface area (Å²) in [6, 6.07) is 2.52. The minimum Gasteiger partial charge on any atom is -0.205 e. The van der Waals surface area contributed by atoms with E-state index in [9.17, 15) is 8.78 Å². The zero-order valence-electron chi connectivity index (χ0n) is 6.87. The van der Waals surface area contributed by atoms with E-state index in [0.29, 0.717) is 5.56 Å². The zero-order valence-corrected chi connectivity index (χ0v) is 7.62. The van der Waals surface area contributed by atoms with Crippen molar-refractivity contribution in [2.75, 3.05) is 0 Å². The minimum absolute atomic E-state index is 0.103. The van der Waals surface area contributed by atoms with Gasteiger partial charge in [0.15, 0.2) is 0 Å². The second kappa shape index (κ2) is 3.40. The Morgan fingerprint density at radius 2 is 1.58 bits per heavy atom. The molecule has 0 saturated carbocycles. The van der Waals surface area contributed by atoms with E-state index in [4.69, 9.17) is 11.6 Å². The predicted molar refractivity (Wildman–Crippen MR) is 45.5 cm³/mol. The Balaban J connectivity index is 3.21. The smallest absolute Gasteiger partial charge is 0.145 e. The zero-order chi connectivity index (χ0) is 9.30. The highest BCUT2D eigenvalue weighted by molar-refractivity contribution is 6.30. The normalized spacial score (nSPS) is 10.8. The number of rotatable bonds is 1. The van der Waals surface area contributed by atoms with E-state index in [1.54, 1.807) is 0 Å². The third-order valence-electron chi connectivity index (χ3n) is 1.67. The topological polar surface area (TPSA) is 0 Å². The highest BCUT2D eigenvalue weighted by Crippen LogP contribution is 2.24. The van der Waals surface area contributed by atoms with Crippen molar-refractivity contribution in [3.05, 3.63) is 34.4 Å². The molecule has 0 aliphatic rings. The molecular formula is C9H9ClF2. The van der Waals surface area contributed by atoms with Crippen LogP contribution in [0.4, 0.5) is 8.78 Å². The second-order valence-electron chi connectivity index (χ2n) is 2.95. The Labute approximate surface area is 75.2 Å². The van der Waals surface area contributed by atoms with Gasteiger partial charge in [-0.2, -0.15) is 0 Å². The Bertz CT molecular complexity index is 272. The van der Waals surface area contributed by atoms with Crippen LogP contribution in [-0.4, -0.2) is 0 Å². The van der Waals surface area contributed by atoms with Gasteiger partial charge in [-0.3, -0.25) is 0 Å². The summed E-state index contributed by atoms with van der Waals surface area (Å²) in [4.78, 5) is 0. The van der Waals surface area contributed by atoms with E-state index >= 15 is 0 Å². The van der Waals surface area contributed by atoms with E-state index in [2.05, 4.69) is 0 Å². The SMILES string of the molecule is CC(C)c1cc(F)c(Cl)c(F)c1. The molecule has 0 fully saturated rings. The highest BCUT2D eigenvalue weighted by Gasteiger charge is 2.09. The van der Waals surface area contributed by atoms with E-state index in [1.165, 1.54) is 12.1 Å². The quantitative estimate of drug-likeness (QED) is 0.592. The van der Waals surface area contributed by atoms with Crippen molar-refractivity contribution in [2.24, 2.45) is 0 Å². The van der Waals surface area contributed by atoms with Crippen LogP contribution in [0.5, 0.6) is 0 Å². The average molecular weight is 191 g/mol. The second-order valence-corrected chi connectivity index (χ2v) is 3.33. The summed E-state index contributed by atoms with van der Waals surface area (Å²) in [5.41, 5.74) is 0.620. The molecule has 0 aliphatic carbocycles. The van der Waals surface area contributed by atoms with Gasteiger partial charge in [-0.25, -0.2) is 8.78 Å². The lowest BCUT2D eigenvalue weighted by molar-refractivity contribution is 0.578. The molecule has 0 atom stereocenters. The molecule has 0 nitrogen and oxygen atoms in total. The summed E-state index contributed by atoms with van der Waals surface area (Å²) < 4.78 is 25.7. The van der Waals surface area contributed by atoms with Gasteiger partial charge in [0, 0.05) is 0 Å². The van der Waals surface area contributed by atoms with Gasteiger partial charge in [0.05, 0.1) is 0 Å². The summed E-state index contributed by atoms with van der Waals surface area (Å²) in [5, 5.41) is -0.431. The van der Waals surface area contributed by atoms with Gasteiger partial charge in [-0.05, 0) is 23.6 Å². The van der Waals surface area contributed by atoms with E-state index in [1.807, 2.05) is 13.8 Å². The van der Waals surface area contributed by atoms with Crippen molar-refractivity contribution in [3.63, 3.8) is 0 Å². The van der Waals surface area contributed by atoms with Crippen LogP contribution in [-0.2, 0) is 0 Å². The van der Waals surface area contributed by atoms with Crippen LogP contribution >= 0.6 is 11.6 Å². The largest absolute Gasteiger partial charge is 0.205 e. The first-order valence-electron chi connectivity index (χ1n) is 3.67. The highest BCUT2D eigenvalue weighted by atomic mass is 35.5. The molecule has 1 aromatic carbocycles. The lowest BCUT2D eigenvalue weighted by Gasteiger charge is -2.06. The molecule has 66 valence electrons. The molecule has 0 N–H and O–H groups in total. The molecule has 0 saturated heterocycles. The van der Waals surface area contributed by atoms with Gasteiger partial charge in [-0.1, -0.05) is 25.4 Å². The van der Waals surface area contributed by atoms with Gasteiger partial charge in [0.2, 0.25) is 0 Å². The van der Waals surface area contributed by atoms with Crippen LogP contribution in [0.1, 0.15) is 25.3 Å². The Morgan fingerprint density at radius 1 is 1.17 bits per heavy atom. The standard InChI is InChI=1S/C9H9ClF2/c1-5(2)6-3-7(11)9(10)8(12)4-6/h3-5H,1-2H3. The Morgan fingerprint density at radius 3 is 1.92 bits per heavy atom. The van der Waals surface area contributed by atoms with Gasteiger partial charge in [0.1, 0.15) is 16.7 Å². The van der Waals surface area contributed by atoms with Crippen LogP contribution in [0, 0.1) is 11.6 Å². The van der Waals surface area contributed by atoms with Crippen molar-refractivity contribution in [2.45, 2.75) is 19.8 Å². The molecule has 0 amide bonds. The molecule has 3 heteroatoms. The molecule has 0 aromatic heterocycles. The molecule has 1 rings (SSSR count). The van der Waals surface area contributed by atoms with Crippen LogP contribution in [0.25, 0.3) is 0 Å². The molecule has 1 aromatic rings. The average Bonchev–Trinajstić information content (AvgIpc) is 1.99. The minimum atomic E-state index is -0.694. The molecule has 0 unspecified atom stereocenters. The summed E-state index contributed by atoms with van der Waals surface area (Å²) in [5.74, 6) is -1.29. The van der Waals surface area contributed by atoms with Crippen LogP contribution < -0.4 is 0 Å². The first-order chi connectivity index (χ1) is 5.52. The Kier molecular flexibility index (Phi) is 2.68. The first-order valence-corrected chi connectivity index (χ1v) is 4.04. The van der Waals surface area contributed by atoms with Gasteiger partial charge < -0.3 is 0 Å². The number of benzene rings is 1. The summed E-state index contributed by atoms with van der Waals surface area (Å²) in [6.07, 6.45) is 0. The molecular weight excluding hydrogens is 182 g/mol. The summed E-state index contributed by atoms with van der Waals surface area (Å²) >= 11 is 5.30. The molecule has 0 heterocycles. The molecule has 0 radical (unpaired) electrons. The summed E-state index contributed by atoms with van der Waals surface area (Å²) in [7, 11) is 0. The summed E-state index contributed by atoms with van der Waals surface area (Å²) in [6.45, 7) is 3.73. The molecule has 0 aliphatic heterocycles. The fraction of sp³-hybridized carbons (Fsp3) is 0.333. The van der Waals surface area contributed by atoms with Crippen LogP contribution in [0.2, 0.25) is 5.02 Å². The van der Waals surface area contributed by atoms with Crippen molar-refractivity contribution in [1.82, 2.24) is 0 Å². The molecule has 0 bridgehead atoms. The maximum absolute atomic E-state index is 12.8. The number of hydrogen-bond donors (Lipinski definition) is 0. The fourth-order valence-corrected chi connectivity index (χ4v) is 1.02. The van der Waals surface area contributed by atoms with Gasteiger partial charge in [-0.15, -0.1) is 0 Å². The number of hydrogen-bond acceptors (Lipinski definition) is 0. The van der Waals surface area contributed by atoms with Crippen LogP contribution in [0.15, 0.2) is 12.1 Å². The third-order valence-corrected chi connectivity index (χ3v) is 2.03. The number of halogens is 3. The van der Waals surface area contributed by atoms with Crippen molar-refractivity contribution >= 4 is 11.6 Å². The maximum atomic E-state index is 12.8. The van der Waals surface area contributed by atoms with E-state index in [-0.39, 0.29) is 5.92 Å². The fourth-order valence-electron chi connectivity index (χ4n) is 0.908. The van der Waals surface area contributed by atoms with Crippen LogP contribution in [0.3, 0.4) is 0 Å². The van der Waals surface area contributed by atoms with Crippen molar-refractivity contribution in [1.29, 1.82) is 0 Å². The monoisotopic (exact) mass is 190 g/mol. The lowest BCUT2D eigenvalue weighted by Crippen LogP contribution is -1.92. The van der Waals surface area contributed by atoms with E-state index < -0.39 is 16.7 Å². The van der Waals surface area contributed by atoms with Gasteiger partial charge >= 0.3 is 0 Å². The van der Waals surface area contributed by atoms with Gasteiger partial charge in [0.25, 0.3) is 0 Å². The van der Waals surface area contributed by atoms with E-state index in [0.717, 1.165) is 0 Å². The molecule has 0 spiro atoms.